The van der Waals surface area contributed by atoms with Crippen molar-refractivity contribution in [3.8, 4) is 0 Å². The Balaban J connectivity index is 2.28. The van der Waals surface area contributed by atoms with Gasteiger partial charge in [0.25, 0.3) is 0 Å². The van der Waals surface area contributed by atoms with E-state index < -0.39 is 11.0 Å². The predicted octanol–water partition coefficient (Wildman–Crippen LogP) is 1.73. The Morgan fingerprint density at radius 1 is 1.18 bits per heavy atom. The lowest BCUT2D eigenvalue weighted by molar-refractivity contribution is -0.125. The average molecular weight is 313 g/mol. The summed E-state index contributed by atoms with van der Waals surface area (Å²) >= 11 is 0. The first-order chi connectivity index (χ1) is 10.0. The lowest BCUT2D eigenvalue weighted by atomic mass is 9.91. The molecule has 22 heavy (non-hydrogen) atoms. The lowest BCUT2D eigenvalue weighted by Crippen LogP contribution is -2.45. The minimum Gasteiger partial charge on any atom is -0.444 e. The van der Waals surface area contributed by atoms with E-state index in [1.165, 1.54) is 0 Å². The summed E-state index contributed by atoms with van der Waals surface area (Å²) in [4.78, 5) is 25.0. The van der Waals surface area contributed by atoms with E-state index in [2.05, 4.69) is 5.32 Å². The van der Waals surface area contributed by atoms with E-state index in [-0.39, 0.29) is 12.0 Å². The normalized spacial score (nSPS) is 17.4. The number of hydrogen-bond donors (Lipinski definition) is 2. The number of amides is 2. The Bertz CT molecular complexity index is 394. The summed E-state index contributed by atoms with van der Waals surface area (Å²) in [6.45, 7) is 12.2. The van der Waals surface area contributed by atoms with Crippen molar-refractivity contribution >= 4 is 12.0 Å². The molecule has 0 bridgehead atoms. The highest BCUT2D eigenvalue weighted by atomic mass is 16.6. The first-order valence-electron chi connectivity index (χ1n) is 8.00. The minimum atomic E-state index is -0.531. The summed E-state index contributed by atoms with van der Waals surface area (Å²) in [5.41, 5.74) is 4.38. The van der Waals surface area contributed by atoms with Crippen LogP contribution in [0.2, 0.25) is 0 Å². The fraction of sp³-hybridized carbons (Fsp3) is 0.875. The van der Waals surface area contributed by atoms with Gasteiger partial charge in [-0.15, -0.1) is 0 Å². The van der Waals surface area contributed by atoms with E-state index in [0.29, 0.717) is 12.5 Å². The number of nitrogens with zero attached hydrogens (tertiary/aromatic N) is 1. The van der Waals surface area contributed by atoms with Gasteiger partial charge in [-0.2, -0.15) is 0 Å². The van der Waals surface area contributed by atoms with Crippen LogP contribution in [0.25, 0.3) is 0 Å². The van der Waals surface area contributed by atoms with Gasteiger partial charge in [0.15, 0.2) is 0 Å². The molecule has 0 aliphatic carbocycles. The molecule has 0 radical (unpaired) electrons. The van der Waals surface area contributed by atoms with Crippen LogP contribution < -0.4 is 11.1 Å². The summed E-state index contributed by atoms with van der Waals surface area (Å²) in [5.74, 6) is 0.224. The van der Waals surface area contributed by atoms with Gasteiger partial charge in [-0.25, -0.2) is 4.79 Å². The van der Waals surface area contributed by atoms with Crippen molar-refractivity contribution in [2.45, 2.75) is 53.1 Å². The maximum Gasteiger partial charge on any atom is 0.410 e. The number of carbonyl (C=O) groups excluding carboxylic acids is 2. The van der Waals surface area contributed by atoms with Crippen LogP contribution in [0.4, 0.5) is 4.79 Å². The van der Waals surface area contributed by atoms with Crippen molar-refractivity contribution in [1.29, 1.82) is 0 Å². The molecule has 1 heterocycles. The Kier molecular flexibility index (Phi) is 6.23. The van der Waals surface area contributed by atoms with Crippen LogP contribution in [0.5, 0.6) is 0 Å². The van der Waals surface area contributed by atoms with E-state index in [1.54, 1.807) is 4.90 Å². The molecule has 1 aliphatic heterocycles. The number of hydrogen-bond acceptors (Lipinski definition) is 4. The molecule has 1 rings (SSSR count). The molecular weight excluding hydrogens is 282 g/mol. The Morgan fingerprint density at radius 3 is 2.18 bits per heavy atom. The maximum atomic E-state index is 12.0. The third-order valence-corrected chi connectivity index (χ3v) is 3.93. The van der Waals surface area contributed by atoms with Crippen molar-refractivity contribution in [1.82, 2.24) is 10.2 Å². The van der Waals surface area contributed by atoms with Crippen molar-refractivity contribution in [2.24, 2.45) is 17.1 Å². The second-order valence-electron chi connectivity index (χ2n) is 7.79. The van der Waals surface area contributed by atoms with E-state index in [9.17, 15) is 9.59 Å². The topological polar surface area (TPSA) is 84.7 Å². The van der Waals surface area contributed by atoms with Crippen molar-refractivity contribution in [3.63, 3.8) is 0 Å². The summed E-state index contributed by atoms with van der Waals surface area (Å²) in [6, 6.07) is 0. The molecule has 3 N–H and O–H groups in total. The summed E-state index contributed by atoms with van der Waals surface area (Å²) in [7, 11) is 0. The first-order valence-corrected chi connectivity index (χ1v) is 8.00. The summed E-state index contributed by atoms with van der Waals surface area (Å²) in [5, 5.41) is 3.32. The van der Waals surface area contributed by atoms with Crippen LogP contribution in [0.15, 0.2) is 0 Å². The minimum absolute atomic E-state index is 0.228. The Labute approximate surface area is 133 Å². The standard InChI is InChI=1S/C16H31N3O3/c1-15(2,3)22-14(21)19-8-6-12(7-9-19)10-18-11-16(4,5)13(17)20/h12,18H,6-11H2,1-5H3,(H2,17,20). The Morgan fingerprint density at radius 2 is 1.73 bits per heavy atom. The molecule has 1 saturated heterocycles. The third-order valence-electron chi connectivity index (χ3n) is 3.93. The number of nitrogens with two attached hydrogens (primary N) is 1. The second-order valence-corrected chi connectivity index (χ2v) is 7.79. The SMILES string of the molecule is CC(C)(C)OC(=O)N1CCC(CNCC(C)(C)C(N)=O)CC1. The number of ether oxygens (including phenoxy) is 1. The second kappa shape index (κ2) is 7.31. The van der Waals surface area contributed by atoms with Gasteiger partial charge < -0.3 is 20.7 Å². The zero-order valence-electron chi connectivity index (χ0n) is 14.6. The van der Waals surface area contributed by atoms with Crippen LogP contribution in [-0.4, -0.2) is 48.7 Å². The van der Waals surface area contributed by atoms with Gasteiger partial charge >= 0.3 is 6.09 Å². The monoisotopic (exact) mass is 313 g/mol. The highest BCUT2D eigenvalue weighted by Crippen LogP contribution is 2.20. The van der Waals surface area contributed by atoms with Crippen LogP contribution in [0, 0.1) is 11.3 Å². The number of nitrogens with one attached hydrogen (secondary N) is 1. The molecule has 0 atom stereocenters. The summed E-state index contributed by atoms with van der Waals surface area (Å²) in [6.07, 6.45) is 1.67. The van der Waals surface area contributed by atoms with Gasteiger partial charge in [0.1, 0.15) is 5.60 Å². The van der Waals surface area contributed by atoms with Gasteiger partial charge in [-0.1, -0.05) is 0 Å². The van der Waals surface area contributed by atoms with Gasteiger partial charge in [0, 0.05) is 19.6 Å². The maximum absolute atomic E-state index is 12.0. The number of likely N-dealkylation sites (tertiary alicyclic amines) is 1. The quantitative estimate of drug-likeness (QED) is 0.809. The third kappa shape index (κ3) is 6.22. The smallest absolute Gasteiger partial charge is 0.410 e. The van der Waals surface area contributed by atoms with Crippen LogP contribution >= 0.6 is 0 Å². The van der Waals surface area contributed by atoms with Crippen molar-refractivity contribution in [3.05, 3.63) is 0 Å². The fourth-order valence-corrected chi connectivity index (χ4v) is 2.32. The largest absolute Gasteiger partial charge is 0.444 e. The van der Waals surface area contributed by atoms with Gasteiger partial charge in [0.05, 0.1) is 5.41 Å². The lowest BCUT2D eigenvalue weighted by Gasteiger charge is -2.34. The fourth-order valence-electron chi connectivity index (χ4n) is 2.32. The van der Waals surface area contributed by atoms with E-state index >= 15 is 0 Å². The van der Waals surface area contributed by atoms with Gasteiger partial charge in [0.2, 0.25) is 5.91 Å². The summed E-state index contributed by atoms with van der Waals surface area (Å²) < 4.78 is 5.38. The molecule has 0 aromatic carbocycles. The molecule has 128 valence electrons. The highest BCUT2D eigenvalue weighted by molar-refractivity contribution is 5.80. The van der Waals surface area contributed by atoms with E-state index in [4.69, 9.17) is 10.5 Å². The van der Waals surface area contributed by atoms with Crippen LogP contribution in [-0.2, 0) is 9.53 Å². The van der Waals surface area contributed by atoms with E-state index in [0.717, 1.165) is 32.5 Å². The molecule has 0 aromatic rings. The van der Waals surface area contributed by atoms with Crippen molar-refractivity contribution < 1.29 is 14.3 Å². The van der Waals surface area contributed by atoms with Crippen molar-refractivity contribution in [2.75, 3.05) is 26.2 Å². The zero-order chi connectivity index (χ0) is 17.0. The number of rotatable bonds is 5. The molecular formula is C16H31N3O3. The first kappa shape index (κ1) is 18.7. The number of piperidine rings is 1. The van der Waals surface area contributed by atoms with Crippen LogP contribution in [0.1, 0.15) is 47.5 Å². The van der Waals surface area contributed by atoms with E-state index in [1.807, 2.05) is 34.6 Å². The molecule has 1 aliphatic rings. The molecule has 0 spiro atoms. The molecule has 0 aromatic heterocycles. The number of primary amides is 1. The zero-order valence-corrected chi connectivity index (χ0v) is 14.6. The highest BCUT2D eigenvalue weighted by Gasteiger charge is 2.28. The van der Waals surface area contributed by atoms with Gasteiger partial charge in [-0.3, -0.25) is 4.79 Å². The molecule has 1 fully saturated rings. The molecule has 0 saturated carbocycles. The van der Waals surface area contributed by atoms with Gasteiger partial charge in [-0.05, 0) is 59.9 Å². The molecule has 2 amide bonds. The predicted molar refractivity (Wildman–Crippen MR) is 86.4 cm³/mol. The van der Waals surface area contributed by atoms with Crippen LogP contribution in [0.3, 0.4) is 0 Å². The molecule has 6 nitrogen and oxygen atoms in total. The Hall–Kier alpha value is -1.30. The molecule has 0 unspecified atom stereocenters. The average Bonchev–Trinajstić information content (AvgIpc) is 2.37. The number of carbonyl (C=O) groups is 2. The molecule has 6 heteroatoms.